The summed E-state index contributed by atoms with van der Waals surface area (Å²) in [5.41, 5.74) is 21.1. The van der Waals surface area contributed by atoms with Crippen molar-refractivity contribution in [2.75, 3.05) is 9.80 Å². The molecule has 0 saturated heterocycles. The number of nitrogens with zero attached hydrogens (tertiary/aromatic N) is 3. The highest BCUT2D eigenvalue weighted by Crippen LogP contribution is 2.57. The SMILES string of the molecule is CC1(C)c2cccc3c2-n2c4c1cc(-c1ccc5cc(N(C6=CCCC=C6)c6ccccc6)ccc5c1)cc4c1cc(-c4ccc5cc(N(c6ccccc6)c6ccccc6)ccc5c4)cc(c12)C3(C)C. The highest BCUT2D eigenvalue weighted by atomic mass is 15.1. The molecule has 3 heterocycles. The summed E-state index contributed by atoms with van der Waals surface area (Å²) in [5.74, 6) is 0. The van der Waals surface area contributed by atoms with Crippen LogP contribution < -0.4 is 9.80 Å². The van der Waals surface area contributed by atoms with Gasteiger partial charge >= 0.3 is 0 Å². The van der Waals surface area contributed by atoms with Crippen molar-refractivity contribution in [1.29, 1.82) is 0 Å². The van der Waals surface area contributed by atoms with Gasteiger partial charge in [-0.2, -0.15) is 0 Å². The van der Waals surface area contributed by atoms with Gasteiger partial charge < -0.3 is 14.4 Å². The third kappa shape index (κ3) is 6.35. The van der Waals surface area contributed by atoms with Crippen LogP contribution in [0.4, 0.5) is 28.4 Å². The number of benzene rings is 10. The summed E-state index contributed by atoms with van der Waals surface area (Å²) in [6.07, 6.45) is 9.05. The lowest BCUT2D eigenvalue weighted by Gasteiger charge is -2.42. The average Bonchev–Trinajstić information content (AvgIpc) is 3.74. The minimum atomic E-state index is -0.221. The molecule has 0 amide bonds. The number of fused-ring (bicyclic) bond motifs is 3. The Bertz CT molecular complexity index is 4000. The van der Waals surface area contributed by atoms with E-state index >= 15 is 0 Å². The zero-order valence-electron chi connectivity index (χ0n) is 40.6. The highest BCUT2D eigenvalue weighted by molar-refractivity contribution is 6.16. The Morgan fingerprint density at radius 1 is 0.366 bits per heavy atom. The first-order valence-electron chi connectivity index (χ1n) is 25.2. The fourth-order valence-electron chi connectivity index (χ4n) is 12.4. The Morgan fingerprint density at radius 2 is 0.817 bits per heavy atom. The second kappa shape index (κ2) is 15.6. The van der Waals surface area contributed by atoms with Crippen molar-refractivity contribution in [2.45, 2.75) is 51.4 Å². The van der Waals surface area contributed by atoms with E-state index in [-0.39, 0.29) is 10.8 Å². The first-order valence-corrected chi connectivity index (χ1v) is 25.2. The fraction of sp³-hybridized carbons (Fsp3) is 0.118. The van der Waals surface area contributed by atoms with Crippen LogP contribution in [0.2, 0.25) is 0 Å². The quantitative estimate of drug-likeness (QED) is 0.150. The average molecular weight is 912 g/mol. The van der Waals surface area contributed by atoms with Crippen molar-refractivity contribution < 1.29 is 0 Å². The van der Waals surface area contributed by atoms with Gasteiger partial charge in [-0.3, -0.25) is 0 Å². The monoisotopic (exact) mass is 911 g/mol. The highest BCUT2D eigenvalue weighted by Gasteiger charge is 2.43. The van der Waals surface area contributed by atoms with Gasteiger partial charge in [-0.1, -0.05) is 149 Å². The molecular formula is C68H53N3. The molecule has 10 aromatic carbocycles. The molecule has 11 aromatic rings. The van der Waals surface area contributed by atoms with Crippen molar-refractivity contribution in [3.05, 3.63) is 252 Å². The van der Waals surface area contributed by atoms with E-state index in [1.54, 1.807) is 0 Å². The van der Waals surface area contributed by atoms with Crippen LogP contribution in [0.5, 0.6) is 0 Å². The molecule has 0 N–H and O–H groups in total. The fourth-order valence-corrected chi connectivity index (χ4v) is 12.4. The van der Waals surface area contributed by atoms with Crippen molar-refractivity contribution in [3.63, 3.8) is 0 Å². The molecule has 71 heavy (non-hydrogen) atoms. The molecule has 340 valence electrons. The van der Waals surface area contributed by atoms with E-state index in [4.69, 9.17) is 0 Å². The number of rotatable bonds is 8. The van der Waals surface area contributed by atoms with Gasteiger partial charge in [0.2, 0.25) is 0 Å². The molecule has 0 unspecified atom stereocenters. The third-order valence-corrected chi connectivity index (χ3v) is 16.0. The smallest absolute Gasteiger partial charge is 0.0582 e. The van der Waals surface area contributed by atoms with E-state index < -0.39 is 0 Å². The van der Waals surface area contributed by atoms with E-state index in [1.165, 1.54) is 111 Å². The molecular weight excluding hydrogens is 859 g/mol. The lowest BCUT2D eigenvalue weighted by molar-refractivity contribution is 0.594. The van der Waals surface area contributed by atoms with Crippen LogP contribution in [0.15, 0.2) is 230 Å². The number of hydrogen-bond donors (Lipinski definition) is 0. The standard InChI is InChI=1S/C68H53N3/c1-67(2)60-26-17-27-61-66(60)71-64-58(40-50(42-62(64)67)46-28-30-48-38-56(34-32-44(48)36-46)69(52-18-9-5-10-19-52)53-20-11-6-12-21-53)59-41-51(43-63(65(59)71)68(61,3)4)47-29-31-49-39-57(35-33-45(49)37-47)70(54-22-13-7-14-23-54)55-24-15-8-16-25-55/h5-7,9-15,17-43H,8,16H2,1-4H3. The largest absolute Gasteiger partial charge is 0.311 e. The van der Waals surface area contributed by atoms with Crippen LogP contribution >= 0.6 is 0 Å². The topological polar surface area (TPSA) is 11.4 Å². The van der Waals surface area contributed by atoms with Crippen molar-refractivity contribution in [3.8, 4) is 27.9 Å². The molecule has 0 radical (unpaired) electrons. The van der Waals surface area contributed by atoms with E-state index in [1.807, 2.05) is 0 Å². The first-order chi connectivity index (χ1) is 34.7. The summed E-state index contributed by atoms with van der Waals surface area (Å²) < 4.78 is 2.65. The van der Waals surface area contributed by atoms with Crippen LogP contribution in [0.25, 0.3) is 71.3 Å². The van der Waals surface area contributed by atoms with Crippen molar-refractivity contribution >= 4 is 71.8 Å². The van der Waals surface area contributed by atoms with Gasteiger partial charge in [0.1, 0.15) is 0 Å². The molecule has 3 heteroatoms. The van der Waals surface area contributed by atoms with E-state index in [9.17, 15) is 0 Å². The van der Waals surface area contributed by atoms with Gasteiger partial charge in [0.05, 0.1) is 16.7 Å². The van der Waals surface area contributed by atoms with Gasteiger partial charge in [0.15, 0.2) is 0 Å². The van der Waals surface area contributed by atoms with Gasteiger partial charge in [-0.05, 0) is 182 Å². The third-order valence-electron chi connectivity index (χ3n) is 16.0. The van der Waals surface area contributed by atoms with Crippen LogP contribution in [-0.2, 0) is 10.8 Å². The van der Waals surface area contributed by atoms with Gasteiger partial charge in [-0.25, -0.2) is 0 Å². The van der Waals surface area contributed by atoms with Crippen LogP contribution in [0.1, 0.15) is 62.8 Å². The zero-order valence-corrected chi connectivity index (χ0v) is 40.6. The molecule has 3 nitrogen and oxygen atoms in total. The molecule has 0 bridgehead atoms. The molecule has 3 aliphatic rings. The van der Waals surface area contributed by atoms with E-state index in [2.05, 4.69) is 267 Å². The zero-order chi connectivity index (χ0) is 47.6. The first kappa shape index (κ1) is 41.6. The van der Waals surface area contributed by atoms with Crippen molar-refractivity contribution in [2.24, 2.45) is 0 Å². The predicted octanol–water partition coefficient (Wildman–Crippen LogP) is 18.5. The summed E-state index contributed by atoms with van der Waals surface area (Å²) in [6, 6.07) is 77.1. The Balaban J connectivity index is 0.924. The van der Waals surface area contributed by atoms with Gasteiger partial charge in [0.25, 0.3) is 0 Å². The maximum atomic E-state index is 2.65. The lowest BCUT2D eigenvalue weighted by atomic mass is 9.68. The van der Waals surface area contributed by atoms with E-state index in [0.29, 0.717) is 0 Å². The number of aromatic nitrogens is 1. The van der Waals surface area contributed by atoms with Crippen molar-refractivity contribution in [1.82, 2.24) is 4.57 Å². The summed E-state index contributed by atoms with van der Waals surface area (Å²) >= 11 is 0. The maximum absolute atomic E-state index is 2.65. The second-order valence-corrected chi connectivity index (χ2v) is 20.9. The molecule has 2 aliphatic heterocycles. The molecule has 0 spiro atoms. The molecule has 1 aromatic heterocycles. The number of para-hydroxylation sites is 4. The predicted molar refractivity (Wildman–Crippen MR) is 301 cm³/mol. The lowest BCUT2D eigenvalue weighted by Crippen LogP contribution is -2.33. The second-order valence-electron chi connectivity index (χ2n) is 20.9. The number of allylic oxidation sites excluding steroid dienone is 3. The Hall–Kier alpha value is -8.40. The molecule has 0 saturated carbocycles. The molecule has 1 aliphatic carbocycles. The summed E-state index contributed by atoms with van der Waals surface area (Å²) in [6.45, 7) is 9.75. The minimum Gasteiger partial charge on any atom is -0.311 e. The normalized spacial score (nSPS) is 14.9. The number of anilines is 5. The van der Waals surface area contributed by atoms with E-state index in [0.717, 1.165) is 29.9 Å². The molecule has 0 atom stereocenters. The molecule has 14 rings (SSSR count). The van der Waals surface area contributed by atoms with Crippen LogP contribution in [0, 0.1) is 0 Å². The Morgan fingerprint density at radius 3 is 1.30 bits per heavy atom. The summed E-state index contributed by atoms with van der Waals surface area (Å²) in [5, 5.41) is 7.53. The summed E-state index contributed by atoms with van der Waals surface area (Å²) in [7, 11) is 0. The maximum Gasteiger partial charge on any atom is 0.0582 e. The minimum absolute atomic E-state index is 0.219. The van der Waals surface area contributed by atoms with Gasteiger partial charge in [-0.15, -0.1) is 0 Å². The van der Waals surface area contributed by atoms with Crippen LogP contribution in [0.3, 0.4) is 0 Å². The Labute approximate surface area is 415 Å². The van der Waals surface area contributed by atoms with Crippen LogP contribution in [-0.4, -0.2) is 4.57 Å². The molecule has 0 fully saturated rings. The summed E-state index contributed by atoms with van der Waals surface area (Å²) in [4.78, 5) is 4.73. The number of hydrogen-bond acceptors (Lipinski definition) is 2. The Kier molecular flexibility index (Phi) is 9.10. The van der Waals surface area contributed by atoms with Gasteiger partial charge in [0, 0.05) is 55.7 Å².